The molecule has 1 heterocycles. The lowest BCUT2D eigenvalue weighted by Gasteiger charge is -2.19. The number of quaternary nitrogens is 1. The molecule has 0 atom stereocenters. The second kappa shape index (κ2) is 5.53. The standard InChI is InChI=1S/C13H18ClN/c14-13-7-5-12(6-8-13)11-3-1-9-15-10-2-4-11/h5-8,11,15H,1-4,9-10H2/p+1. The van der Waals surface area contributed by atoms with Gasteiger partial charge < -0.3 is 5.32 Å². The largest absolute Gasteiger partial charge is 0.346 e. The van der Waals surface area contributed by atoms with Gasteiger partial charge in [-0.15, -0.1) is 0 Å². The third-order valence-electron chi connectivity index (χ3n) is 3.26. The zero-order chi connectivity index (χ0) is 10.5. The van der Waals surface area contributed by atoms with E-state index >= 15 is 0 Å². The van der Waals surface area contributed by atoms with Crippen molar-refractivity contribution < 1.29 is 5.32 Å². The average molecular weight is 225 g/mol. The maximum Gasteiger partial charge on any atom is 0.0755 e. The zero-order valence-corrected chi connectivity index (χ0v) is 9.84. The summed E-state index contributed by atoms with van der Waals surface area (Å²) in [7, 11) is 0. The highest BCUT2D eigenvalue weighted by atomic mass is 35.5. The van der Waals surface area contributed by atoms with Gasteiger partial charge in [0.25, 0.3) is 0 Å². The van der Waals surface area contributed by atoms with E-state index in [-0.39, 0.29) is 0 Å². The highest BCUT2D eigenvalue weighted by Gasteiger charge is 2.13. The van der Waals surface area contributed by atoms with Crippen LogP contribution in [0.15, 0.2) is 24.3 Å². The molecular formula is C13H19ClN+. The molecule has 0 amide bonds. The molecule has 0 bridgehead atoms. The Morgan fingerprint density at radius 2 is 1.60 bits per heavy atom. The Bertz CT molecular complexity index is 286. The molecule has 15 heavy (non-hydrogen) atoms. The highest BCUT2D eigenvalue weighted by Crippen LogP contribution is 2.27. The van der Waals surface area contributed by atoms with Crippen LogP contribution >= 0.6 is 11.6 Å². The molecule has 0 saturated carbocycles. The van der Waals surface area contributed by atoms with Gasteiger partial charge in [0.05, 0.1) is 13.1 Å². The first-order chi connectivity index (χ1) is 7.36. The fourth-order valence-corrected chi connectivity index (χ4v) is 2.50. The maximum absolute atomic E-state index is 5.90. The van der Waals surface area contributed by atoms with Gasteiger partial charge in [-0.1, -0.05) is 23.7 Å². The molecule has 1 nitrogen and oxygen atoms in total. The van der Waals surface area contributed by atoms with E-state index in [9.17, 15) is 0 Å². The number of hydrogen-bond donors (Lipinski definition) is 1. The number of hydrogen-bond acceptors (Lipinski definition) is 0. The molecular weight excluding hydrogens is 206 g/mol. The summed E-state index contributed by atoms with van der Waals surface area (Å²) in [6.07, 6.45) is 5.34. The molecule has 1 aliphatic rings. The van der Waals surface area contributed by atoms with Crippen LogP contribution in [0, 0.1) is 0 Å². The van der Waals surface area contributed by atoms with Crippen molar-refractivity contribution in [2.24, 2.45) is 0 Å². The number of benzene rings is 1. The molecule has 0 radical (unpaired) electrons. The van der Waals surface area contributed by atoms with Crippen molar-refractivity contribution >= 4 is 11.6 Å². The van der Waals surface area contributed by atoms with Crippen LogP contribution in [0.25, 0.3) is 0 Å². The van der Waals surface area contributed by atoms with Gasteiger partial charge in [0.15, 0.2) is 0 Å². The first-order valence-corrected chi connectivity index (χ1v) is 6.31. The summed E-state index contributed by atoms with van der Waals surface area (Å²) >= 11 is 5.90. The van der Waals surface area contributed by atoms with Crippen LogP contribution in [0.3, 0.4) is 0 Å². The van der Waals surface area contributed by atoms with Gasteiger partial charge in [0.1, 0.15) is 0 Å². The SMILES string of the molecule is Clc1ccc(C2CCC[NH2+]CCC2)cc1. The fraction of sp³-hybridized carbons (Fsp3) is 0.538. The molecule has 0 spiro atoms. The van der Waals surface area contributed by atoms with Crippen molar-refractivity contribution in [1.29, 1.82) is 0 Å². The summed E-state index contributed by atoms with van der Waals surface area (Å²) in [4.78, 5) is 0. The number of rotatable bonds is 1. The predicted molar refractivity (Wildman–Crippen MR) is 64.3 cm³/mol. The van der Waals surface area contributed by atoms with Gasteiger partial charge >= 0.3 is 0 Å². The molecule has 2 N–H and O–H groups in total. The van der Waals surface area contributed by atoms with E-state index in [1.54, 1.807) is 0 Å². The van der Waals surface area contributed by atoms with Gasteiger partial charge in [-0.05, 0) is 49.3 Å². The molecule has 1 aliphatic heterocycles. The Balaban J connectivity index is 2.03. The summed E-state index contributed by atoms with van der Waals surface area (Å²) in [5.41, 5.74) is 1.47. The van der Waals surface area contributed by atoms with Crippen LogP contribution in [0.2, 0.25) is 5.02 Å². The Hall–Kier alpha value is -0.530. The molecule has 2 heteroatoms. The fourth-order valence-electron chi connectivity index (χ4n) is 2.37. The van der Waals surface area contributed by atoms with Crippen LogP contribution in [-0.2, 0) is 0 Å². The van der Waals surface area contributed by atoms with E-state index in [1.807, 2.05) is 12.1 Å². The van der Waals surface area contributed by atoms with Gasteiger partial charge in [-0.2, -0.15) is 0 Å². The Morgan fingerprint density at radius 1 is 1.00 bits per heavy atom. The zero-order valence-electron chi connectivity index (χ0n) is 9.08. The topological polar surface area (TPSA) is 16.6 Å². The van der Waals surface area contributed by atoms with Gasteiger partial charge in [0.2, 0.25) is 0 Å². The third-order valence-corrected chi connectivity index (χ3v) is 3.52. The lowest BCUT2D eigenvalue weighted by Crippen LogP contribution is -2.84. The first-order valence-electron chi connectivity index (χ1n) is 5.93. The van der Waals surface area contributed by atoms with E-state index in [2.05, 4.69) is 17.4 Å². The number of nitrogens with two attached hydrogens (primary N) is 1. The Kier molecular flexibility index (Phi) is 4.04. The van der Waals surface area contributed by atoms with E-state index < -0.39 is 0 Å². The highest BCUT2D eigenvalue weighted by molar-refractivity contribution is 6.30. The smallest absolute Gasteiger partial charge is 0.0755 e. The lowest BCUT2D eigenvalue weighted by molar-refractivity contribution is -0.656. The lowest BCUT2D eigenvalue weighted by atomic mass is 9.89. The van der Waals surface area contributed by atoms with E-state index in [0.29, 0.717) is 0 Å². The van der Waals surface area contributed by atoms with E-state index in [4.69, 9.17) is 11.6 Å². The molecule has 1 fully saturated rings. The van der Waals surface area contributed by atoms with Crippen molar-refractivity contribution in [2.45, 2.75) is 31.6 Å². The van der Waals surface area contributed by atoms with Crippen molar-refractivity contribution in [3.63, 3.8) is 0 Å². The quantitative estimate of drug-likeness (QED) is 0.755. The van der Waals surface area contributed by atoms with Crippen LogP contribution in [0.1, 0.15) is 37.2 Å². The van der Waals surface area contributed by atoms with Crippen molar-refractivity contribution in [3.05, 3.63) is 34.9 Å². The van der Waals surface area contributed by atoms with Crippen molar-refractivity contribution in [3.8, 4) is 0 Å². The second-order valence-corrected chi connectivity index (χ2v) is 4.84. The summed E-state index contributed by atoms with van der Waals surface area (Å²) in [6.45, 7) is 2.59. The minimum Gasteiger partial charge on any atom is -0.346 e. The van der Waals surface area contributed by atoms with Crippen LogP contribution < -0.4 is 5.32 Å². The van der Waals surface area contributed by atoms with Crippen LogP contribution in [-0.4, -0.2) is 13.1 Å². The summed E-state index contributed by atoms with van der Waals surface area (Å²) in [6, 6.07) is 8.42. The second-order valence-electron chi connectivity index (χ2n) is 4.40. The Labute approximate surface area is 96.8 Å². The molecule has 2 rings (SSSR count). The monoisotopic (exact) mass is 224 g/mol. The molecule has 82 valence electrons. The van der Waals surface area contributed by atoms with Crippen molar-refractivity contribution in [2.75, 3.05) is 13.1 Å². The number of halogens is 1. The maximum atomic E-state index is 5.90. The molecule has 1 saturated heterocycles. The third kappa shape index (κ3) is 3.22. The summed E-state index contributed by atoms with van der Waals surface area (Å²) < 4.78 is 0. The van der Waals surface area contributed by atoms with Crippen LogP contribution in [0.5, 0.6) is 0 Å². The molecule has 0 aromatic heterocycles. The van der Waals surface area contributed by atoms with Gasteiger partial charge in [-0.3, -0.25) is 0 Å². The molecule has 0 unspecified atom stereocenters. The minimum atomic E-state index is 0.760. The van der Waals surface area contributed by atoms with Crippen LogP contribution in [0.4, 0.5) is 0 Å². The Morgan fingerprint density at radius 3 is 2.20 bits per heavy atom. The molecule has 0 aliphatic carbocycles. The molecule has 1 aromatic rings. The molecule has 1 aromatic carbocycles. The van der Waals surface area contributed by atoms with E-state index in [0.717, 1.165) is 10.9 Å². The average Bonchev–Trinajstić information content (AvgIpc) is 2.19. The van der Waals surface area contributed by atoms with E-state index in [1.165, 1.54) is 44.3 Å². The minimum absolute atomic E-state index is 0.760. The van der Waals surface area contributed by atoms with Gasteiger partial charge in [-0.25, -0.2) is 0 Å². The normalized spacial score (nSPS) is 19.5. The van der Waals surface area contributed by atoms with Gasteiger partial charge in [0, 0.05) is 5.02 Å². The van der Waals surface area contributed by atoms with Crippen molar-refractivity contribution in [1.82, 2.24) is 0 Å². The summed E-state index contributed by atoms with van der Waals surface area (Å²) in [5.74, 6) is 0.760. The predicted octanol–water partition coefficient (Wildman–Crippen LogP) is 2.56. The summed E-state index contributed by atoms with van der Waals surface area (Å²) in [5, 5.41) is 3.29. The first kappa shape index (κ1) is 11.0.